The number of nitro groups is 1. The molecule has 1 atom stereocenters. The van der Waals surface area contributed by atoms with Crippen molar-refractivity contribution in [1.82, 2.24) is 4.98 Å². The summed E-state index contributed by atoms with van der Waals surface area (Å²) in [6, 6.07) is 11.1. The van der Waals surface area contributed by atoms with E-state index >= 15 is 0 Å². The van der Waals surface area contributed by atoms with E-state index in [0.29, 0.717) is 23.4 Å². The lowest BCUT2D eigenvalue weighted by Crippen LogP contribution is -3.06. The summed E-state index contributed by atoms with van der Waals surface area (Å²) in [6.07, 6.45) is 3.17. The molecule has 29 heavy (non-hydrogen) atoms. The van der Waals surface area contributed by atoms with E-state index in [1.807, 2.05) is 18.2 Å². The summed E-state index contributed by atoms with van der Waals surface area (Å²) in [7, 11) is 7.40. The molecule has 0 saturated heterocycles. The SMILES string of the molecule is COc1ccc([C@H](CNc2ccc([N+](=O)[O-])c3cnccc23)[NH+](C)C)cc1OC. The van der Waals surface area contributed by atoms with Gasteiger partial charge in [-0.15, -0.1) is 0 Å². The van der Waals surface area contributed by atoms with Crippen molar-refractivity contribution in [3.8, 4) is 11.5 Å². The van der Waals surface area contributed by atoms with Gasteiger partial charge in [0.1, 0.15) is 6.04 Å². The standard InChI is InChI=1S/C21H24N4O4/c1-24(2)19(14-5-8-20(28-3)21(11-14)29-4)13-23-17-6-7-18(25(26)27)16-12-22-10-9-15(16)17/h5-12,19,23H,13H2,1-4H3/p+1/t19-/m0/s1. The number of nitro benzene ring substituents is 1. The van der Waals surface area contributed by atoms with Gasteiger partial charge in [0, 0.05) is 35.1 Å². The van der Waals surface area contributed by atoms with Crippen LogP contribution in [0.15, 0.2) is 48.8 Å². The molecule has 1 heterocycles. The van der Waals surface area contributed by atoms with Crippen molar-refractivity contribution in [3.63, 3.8) is 0 Å². The van der Waals surface area contributed by atoms with Crippen LogP contribution in [-0.2, 0) is 0 Å². The highest BCUT2D eigenvalue weighted by atomic mass is 16.6. The largest absolute Gasteiger partial charge is 0.493 e. The van der Waals surface area contributed by atoms with Crippen molar-refractivity contribution in [2.45, 2.75) is 6.04 Å². The first-order valence-electron chi connectivity index (χ1n) is 9.23. The van der Waals surface area contributed by atoms with Gasteiger partial charge in [0.15, 0.2) is 11.5 Å². The first-order valence-corrected chi connectivity index (χ1v) is 9.23. The Bertz CT molecular complexity index is 1020. The van der Waals surface area contributed by atoms with Crippen LogP contribution in [0.5, 0.6) is 11.5 Å². The minimum atomic E-state index is -0.385. The Morgan fingerprint density at radius 2 is 1.86 bits per heavy atom. The molecule has 0 fully saturated rings. The molecule has 0 aliphatic heterocycles. The zero-order chi connectivity index (χ0) is 21.0. The fourth-order valence-corrected chi connectivity index (χ4v) is 3.43. The third-order valence-electron chi connectivity index (χ3n) is 5.00. The van der Waals surface area contributed by atoms with Crippen LogP contribution in [0.3, 0.4) is 0 Å². The number of pyridine rings is 1. The second kappa shape index (κ2) is 8.74. The molecule has 0 aliphatic rings. The maximum atomic E-state index is 11.3. The molecule has 8 heteroatoms. The zero-order valence-electron chi connectivity index (χ0n) is 16.9. The first kappa shape index (κ1) is 20.3. The van der Waals surface area contributed by atoms with Crippen LogP contribution in [0.4, 0.5) is 11.4 Å². The summed E-state index contributed by atoms with van der Waals surface area (Å²) in [5, 5.41) is 16.1. The van der Waals surface area contributed by atoms with Crippen LogP contribution in [0, 0.1) is 10.1 Å². The molecule has 152 valence electrons. The molecule has 0 radical (unpaired) electrons. The average Bonchev–Trinajstić information content (AvgIpc) is 2.73. The summed E-state index contributed by atoms with van der Waals surface area (Å²) in [6.45, 7) is 0.632. The number of non-ortho nitro benzene ring substituents is 1. The van der Waals surface area contributed by atoms with Crippen LogP contribution in [-0.4, -0.2) is 44.8 Å². The number of hydrogen-bond acceptors (Lipinski definition) is 6. The number of likely N-dealkylation sites (N-methyl/N-ethyl adjacent to an activating group) is 1. The Hall–Kier alpha value is -3.39. The molecule has 2 aromatic carbocycles. The number of fused-ring (bicyclic) bond motifs is 1. The van der Waals surface area contributed by atoms with E-state index in [1.165, 1.54) is 17.2 Å². The van der Waals surface area contributed by atoms with Gasteiger partial charge in [-0.25, -0.2) is 0 Å². The number of methoxy groups -OCH3 is 2. The Labute approximate surface area is 169 Å². The summed E-state index contributed by atoms with van der Waals surface area (Å²) in [5.74, 6) is 1.37. The van der Waals surface area contributed by atoms with E-state index in [2.05, 4.69) is 24.4 Å². The third-order valence-corrected chi connectivity index (χ3v) is 5.00. The normalized spacial score (nSPS) is 12.0. The summed E-state index contributed by atoms with van der Waals surface area (Å²) >= 11 is 0. The molecule has 0 unspecified atom stereocenters. The average molecular weight is 397 g/mol. The molecule has 0 saturated carbocycles. The predicted octanol–water partition coefficient (Wildman–Crippen LogP) is 2.46. The quantitative estimate of drug-likeness (QED) is 0.448. The van der Waals surface area contributed by atoms with Crippen molar-refractivity contribution >= 4 is 22.1 Å². The van der Waals surface area contributed by atoms with Crippen molar-refractivity contribution in [2.75, 3.05) is 40.2 Å². The Balaban J connectivity index is 1.91. The van der Waals surface area contributed by atoms with E-state index in [4.69, 9.17) is 9.47 Å². The fourth-order valence-electron chi connectivity index (χ4n) is 3.43. The molecular formula is C21H25N4O4+. The second-order valence-electron chi connectivity index (χ2n) is 6.94. The number of anilines is 1. The van der Waals surface area contributed by atoms with Gasteiger partial charge in [-0.05, 0) is 30.3 Å². The smallest absolute Gasteiger partial charge is 0.278 e. The first-order chi connectivity index (χ1) is 14.0. The van der Waals surface area contributed by atoms with E-state index in [0.717, 1.165) is 16.6 Å². The van der Waals surface area contributed by atoms with Crippen LogP contribution < -0.4 is 19.7 Å². The number of benzene rings is 2. The highest BCUT2D eigenvalue weighted by Gasteiger charge is 2.21. The lowest BCUT2D eigenvalue weighted by atomic mass is 10.0. The van der Waals surface area contributed by atoms with E-state index < -0.39 is 0 Å². The molecule has 0 aliphatic carbocycles. The van der Waals surface area contributed by atoms with Crippen LogP contribution >= 0.6 is 0 Å². The predicted molar refractivity (Wildman–Crippen MR) is 112 cm³/mol. The molecule has 0 spiro atoms. The van der Waals surface area contributed by atoms with E-state index in [1.54, 1.807) is 32.5 Å². The Kier molecular flexibility index (Phi) is 6.13. The maximum Gasteiger partial charge on any atom is 0.278 e. The van der Waals surface area contributed by atoms with Gasteiger partial charge >= 0.3 is 0 Å². The van der Waals surface area contributed by atoms with Crippen LogP contribution in [0.2, 0.25) is 0 Å². The fraction of sp³-hybridized carbons (Fsp3) is 0.286. The van der Waals surface area contributed by atoms with Crippen LogP contribution in [0.1, 0.15) is 11.6 Å². The summed E-state index contributed by atoms with van der Waals surface area (Å²) < 4.78 is 10.8. The zero-order valence-corrected chi connectivity index (χ0v) is 16.9. The van der Waals surface area contributed by atoms with Crippen molar-refractivity contribution in [1.29, 1.82) is 0 Å². The molecule has 0 bridgehead atoms. The second-order valence-corrected chi connectivity index (χ2v) is 6.94. The molecule has 3 rings (SSSR count). The van der Waals surface area contributed by atoms with Crippen molar-refractivity contribution in [3.05, 3.63) is 64.5 Å². The topological polar surface area (TPSA) is 91.0 Å². The van der Waals surface area contributed by atoms with Gasteiger partial charge < -0.3 is 19.7 Å². The Morgan fingerprint density at radius 1 is 1.10 bits per heavy atom. The Morgan fingerprint density at radius 3 is 2.52 bits per heavy atom. The van der Waals surface area contributed by atoms with E-state index in [9.17, 15) is 10.1 Å². The number of nitrogens with one attached hydrogen (secondary N) is 2. The van der Waals surface area contributed by atoms with Crippen LogP contribution in [0.25, 0.3) is 10.8 Å². The number of aromatic nitrogens is 1. The highest BCUT2D eigenvalue weighted by Crippen LogP contribution is 2.32. The van der Waals surface area contributed by atoms with Crippen molar-refractivity contribution in [2.24, 2.45) is 0 Å². The van der Waals surface area contributed by atoms with Gasteiger partial charge in [0.2, 0.25) is 0 Å². The lowest BCUT2D eigenvalue weighted by molar-refractivity contribution is -0.890. The number of hydrogen-bond donors (Lipinski definition) is 2. The monoisotopic (exact) mass is 397 g/mol. The number of quaternary nitrogens is 1. The van der Waals surface area contributed by atoms with E-state index in [-0.39, 0.29) is 16.7 Å². The highest BCUT2D eigenvalue weighted by molar-refractivity contribution is 5.99. The number of nitrogens with zero attached hydrogens (tertiary/aromatic N) is 2. The summed E-state index contributed by atoms with van der Waals surface area (Å²) in [4.78, 5) is 16.2. The number of rotatable bonds is 8. The van der Waals surface area contributed by atoms with Gasteiger partial charge in [-0.2, -0.15) is 0 Å². The molecule has 8 nitrogen and oxygen atoms in total. The molecule has 1 aromatic heterocycles. The molecule has 2 N–H and O–H groups in total. The maximum absolute atomic E-state index is 11.3. The number of ether oxygens (including phenoxy) is 2. The van der Waals surface area contributed by atoms with Gasteiger partial charge in [0.25, 0.3) is 5.69 Å². The van der Waals surface area contributed by atoms with Gasteiger partial charge in [-0.3, -0.25) is 15.1 Å². The third kappa shape index (κ3) is 4.22. The molecule has 3 aromatic rings. The minimum Gasteiger partial charge on any atom is -0.493 e. The van der Waals surface area contributed by atoms with Crippen molar-refractivity contribution < 1.29 is 19.3 Å². The lowest BCUT2D eigenvalue weighted by Gasteiger charge is -2.24. The molecule has 0 amide bonds. The van der Waals surface area contributed by atoms with Gasteiger partial charge in [0.05, 0.1) is 45.2 Å². The summed E-state index contributed by atoms with van der Waals surface area (Å²) in [5.41, 5.74) is 1.98. The molecular weight excluding hydrogens is 372 g/mol. The minimum absolute atomic E-state index is 0.0494. The van der Waals surface area contributed by atoms with Gasteiger partial charge in [-0.1, -0.05) is 0 Å².